The van der Waals surface area contributed by atoms with Crippen molar-refractivity contribution in [3.63, 3.8) is 0 Å². The van der Waals surface area contributed by atoms with Crippen LogP contribution in [0.5, 0.6) is 0 Å². The maximum Gasteiger partial charge on any atom is 0.135 e. The molecular formula is C20H30N6. The molecule has 0 spiro atoms. The average molecular weight is 355 g/mol. The van der Waals surface area contributed by atoms with Gasteiger partial charge in [0, 0.05) is 25.7 Å². The number of aryl methyl sites for hydroxylation is 2. The van der Waals surface area contributed by atoms with Crippen molar-refractivity contribution in [1.82, 2.24) is 25.0 Å². The van der Waals surface area contributed by atoms with E-state index in [1.54, 1.807) is 0 Å². The molecule has 2 saturated carbocycles. The summed E-state index contributed by atoms with van der Waals surface area (Å²) in [4.78, 5) is 9.63. The lowest BCUT2D eigenvalue weighted by Crippen LogP contribution is -2.27. The van der Waals surface area contributed by atoms with E-state index in [0.717, 1.165) is 60.8 Å². The molecular weight excluding hydrogens is 324 g/mol. The quantitative estimate of drug-likeness (QED) is 0.862. The second kappa shape index (κ2) is 7.43. The zero-order valence-electron chi connectivity index (χ0n) is 16.0. The zero-order valence-corrected chi connectivity index (χ0v) is 16.0. The number of aromatic nitrogens is 5. The molecule has 0 atom stereocenters. The molecule has 0 radical (unpaired) electrons. The summed E-state index contributed by atoms with van der Waals surface area (Å²) in [6.07, 6.45) is 12.2. The van der Waals surface area contributed by atoms with Crippen LogP contribution < -0.4 is 5.73 Å². The highest BCUT2D eigenvalue weighted by molar-refractivity contribution is 5.61. The summed E-state index contributed by atoms with van der Waals surface area (Å²) in [6.45, 7) is 2.15. The maximum absolute atomic E-state index is 6.04. The molecule has 6 heteroatoms. The molecule has 0 unspecified atom stereocenters. The van der Waals surface area contributed by atoms with Gasteiger partial charge in [0.1, 0.15) is 11.5 Å². The van der Waals surface area contributed by atoms with Crippen LogP contribution in [0.3, 0.4) is 0 Å². The second-order valence-corrected chi connectivity index (χ2v) is 8.15. The van der Waals surface area contributed by atoms with Gasteiger partial charge in [0.05, 0.1) is 11.4 Å². The van der Waals surface area contributed by atoms with Gasteiger partial charge in [-0.15, -0.1) is 5.10 Å². The van der Waals surface area contributed by atoms with Crippen molar-refractivity contribution < 1.29 is 0 Å². The van der Waals surface area contributed by atoms with Crippen LogP contribution in [0, 0.1) is 11.8 Å². The number of nitrogens with two attached hydrogens (primary N) is 1. The highest BCUT2D eigenvalue weighted by Gasteiger charge is 2.27. The first kappa shape index (κ1) is 17.6. The fourth-order valence-electron chi connectivity index (χ4n) is 4.04. The summed E-state index contributed by atoms with van der Waals surface area (Å²) in [7, 11) is 1.99. The minimum absolute atomic E-state index is 0.384. The molecule has 0 bridgehead atoms. The van der Waals surface area contributed by atoms with Crippen LogP contribution >= 0.6 is 0 Å². The Hall–Kier alpha value is -1.82. The predicted molar refractivity (Wildman–Crippen MR) is 101 cm³/mol. The van der Waals surface area contributed by atoms with Gasteiger partial charge in [0.15, 0.2) is 0 Å². The van der Waals surface area contributed by atoms with E-state index in [0.29, 0.717) is 12.0 Å². The van der Waals surface area contributed by atoms with E-state index >= 15 is 0 Å². The van der Waals surface area contributed by atoms with Gasteiger partial charge in [0.25, 0.3) is 0 Å². The van der Waals surface area contributed by atoms with Crippen LogP contribution in [-0.4, -0.2) is 31.0 Å². The zero-order chi connectivity index (χ0) is 18.1. The molecule has 6 nitrogen and oxygen atoms in total. The van der Waals surface area contributed by atoms with Gasteiger partial charge in [-0.3, -0.25) is 4.68 Å². The minimum Gasteiger partial charge on any atom is -0.328 e. The molecule has 2 aromatic rings. The molecule has 140 valence electrons. The van der Waals surface area contributed by atoms with Crippen molar-refractivity contribution in [1.29, 1.82) is 0 Å². The third-order valence-electron chi connectivity index (χ3n) is 6.00. The Labute approximate surface area is 155 Å². The van der Waals surface area contributed by atoms with E-state index in [9.17, 15) is 0 Å². The van der Waals surface area contributed by atoms with Crippen LogP contribution in [0.1, 0.15) is 62.5 Å². The number of hydrogen-bond acceptors (Lipinski definition) is 5. The van der Waals surface area contributed by atoms with Gasteiger partial charge in [0.2, 0.25) is 0 Å². The minimum atomic E-state index is 0.384. The van der Waals surface area contributed by atoms with Gasteiger partial charge in [-0.2, -0.15) is 0 Å². The first-order valence-corrected chi connectivity index (χ1v) is 10.1. The summed E-state index contributed by atoms with van der Waals surface area (Å²) < 4.78 is 1.93. The normalized spacial score (nSPS) is 23.3. The number of hydrogen-bond donors (Lipinski definition) is 1. The van der Waals surface area contributed by atoms with Crippen molar-refractivity contribution in [3.05, 3.63) is 23.3 Å². The van der Waals surface area contributed by atoms with Crippen molar-refractivity contribution in [2.75, 3.05) is 0 Å². The highest BCUT2D eigenvalue weighted by Crippen LogP contribution is 2.35. The van der Waals surface area contributed by atoms with Gasteiger partial charge in [-0.25, -0.2) is 9.97 Å². The van der Waals surface area contributed by atoms with E-state index < -0.39 is 0 Å². The van der Waals surface area contributed by atoms with Gasteiger partial charge in [-0.05, 0) is 68.8 Å². The SMILES string of the molecule is CCc1cnc(CC2CCC(N)CC2)nc1-c1nnn(C)c1CC1CC1. The molecule has 2 aliphatic rings. The second-order valence-electron chi connectivity index (χ2n) is 8.15. The molecule has 2 aromatic heterocycles. The average Bonchev–Trinajstić information content (AvgIpc) is 3.40. The molecule has 2 aliphatic carbocycles. The van der Waals surface area contributed by atoms with Gasteiger partial charge in [-0.1, -0.05) is 12.1 Å². The van der Waals surface area contributed by atoms with Crippen molar-refractivity contribution in [2.24, 2.45) is 24.6 Å². The largest absolute Gasteiger partial charge is 0.328 e. The lowest BCUT2D eigenvalue weighted by atomic mass is 9.84. The molecule has 4 rings (SSSR count). The van der Waals surface area contributed by atoms with E-state index in [1.807, 2.05) is 17.9 Å². The summed E-state index contributed by atoms with van der Waals surface area (Å²) in [5, 5.41) is 8.77. The Balaban J connectivity index is 1.60. The van der Waals surface area contributed by atoms with E-state index in [-0.39, 0.29) is 0 Å². The van der Waals surface area contributed by atoms with E-state index in [2.05, 4.69) is 22.2 Å². The third kappa shape index (κ3) is 3.80. The van der Waals surface area contributed by atoms with Crippen LogP contribution in [0.2, 0.25) is 0 Å². The monoisotopic (exact) mass is 354 g/mol. The predicted octanol–water partition coefficient (Wildman–Crippen LogP) is 2.85. The summed E-state index contributed by atoms with van der Waals surface area (Å²) in [5.74, 6) is 2.40. The first-order valence-electron chi connectivity index (χ1n) is 10.1. The fourth-order valence-corrected chi connectivity index (χ4v) is 4.04. The summed E-state index contributed by atoms with van der Waals surface area (Å²) >= 11 is 0. The lowest BCUT2D eigenvalue weighted by Gasteiger charge is -2.25. The summed E-state index contributed by atoms with van der Waals surface area (Å²) in [5.41, 5.74) is 10.4. The number of rotatable bonds is 6. The first-order chi connectivity index (χ1) is 12.6. The number of nitrogens with zero attached hydrogens (tertiary/aromatic N) is 5. The maximum atomic E-state index is 6.04. The highest BCUT2D eigenvalue weighted by atomic mass is 15.4. The lowest BCUT2D eigenvalue weighted by molar-refractivity contribution is 0.321. The van der Waals surface area contributed by atoms with Crippen LogP contribution in [-0.2, 0) is 26.3 Å². The Morgan fingerprint density at radius 2 is 1.73 bits per heavy atom. The Morgan fingerprint density at radius 3 is 2.42 bits per heavy atom. The van der Waals surface area contributed by atoms with Gasteiger partial charge < -0.3 is 5.73 Å². The molecule has 0 amide bonds. The Bertz CT molecular complexity index is 756. The third-order valence-corrected chi connectivity index (χ3v) is 6.00. The Kier molecular flexibility index (Phi) is 5.02. The standard InChI is InChI=1S/C20H30N6/c1-3-15-12-22-18(11-14-6-8-16(21)9-7-14)23-19(15)20-17(10-13-4-5-13)26(2)25-24-20/h12-14,16H,3-11,21H2,1-2H3. The fraction of sp³-hybridized carbons (Fsp3) is 0.700. The van der Waals surface area contributed by atoms with E-state index in [4.69, 9.17) is 10.7 Å². The van der Waals surface area contributed by atoms with Crippen LogP contribution in [0.15, 0.2) is 6.20 Å². The molecule has 0 aliphatic heterocycles. The Morgan fingerprint density at radius 1 is 1.04 bits per heavy atom. The van der Waals surface area contributed by atoms with Crippen LogP contribution in [0.25, 0.3) is 11.4 Å². The molecule has 0 aromatic carbocycles. The summed E-state index contributed by atoms with van der Waals surface area (Å²) in [6, 6.07) is 0.384. The smallest absolute Gasteiger partial charge is 0.135 e. The molecule has 0 saturated heterocycles. The van der Waals surface area contributed by atoms with Crippen molar-refractivity contribution >= 4 is 0 Å². The van der Waals surface area contributed by atoms with Crippen molar-refractivity contribution in [2.45, 2.75) is 70.8 Å². The van der Waals surface area contributed by atoms with E-state index in [1.165, 1.54) is 31.4 Å². The molecule has 2 N–H and O–H groups in total. The molecule has 2 heterocycles. The molecule has 2 fully saturated rings. The van der Waals surface area contributed by atoms with Crippen LogP contribution in [0.4, 0.5) is 0 Å². The van der Waals surface area contributed by atoms with Gasteiger partial charge >= 0.3 is 0 Å². The molecule has 26 heavy (non-hydrogen) atoms. The van der Waals surface area contributed by atoms with Crippen molar-refractivity contribution in [3.8, 4) is 11.4 Å². The topological polar surface area (TPSA) is 82.5 Å².